The third kappa shape index (κ3) is 2.27. The molecule has 0 spiro atoms. The Balaban J connectivity index is 2.60. The number of hydrogen-bond donors (Lipinski definition) is 4. The van der Waals surface area contributed by atoms with Crippen LogP contribution in [0.1, 0.15) is 28.5 Å². The SMILES string of the molecule is CCOC(=O)c1[nH]c2cc(CO)c(CO)cc2c1N. The minimum atomic E-state index is -0.521. The van der Waals surface area contributed by atoms with Crippen molar-refractivity contribution in [3.63, 3.8) is 0 Å². The van der Waals surface area contributed by atoms with Crippen molar-refractivity contribution < 1.29 is 19.7 Å². The molecule has 1 heterocycles. The van der Waals surface area contributed by atoms with Crippen molar-refractivity contribution in [1.82, 2.24) is 4.98 Å². The molecule has 0 fully saturated rings. The molecule has 0 radical (unpaired) electrons. The number of H-pyrrole nitrogens is 1. The molecule has 0 aliphatic carbocycles. The second-order valence-corrected chi connectivity index (χ2v) is 4.12. The van der Waals surface area contributed by atoms with E-state index in [9.17, 15) is 15.0 Å². The number of nitrogens with one attached hydrogen (secondary N) is 1. The van der Waals surface area contributed by atoms with Gasteiger partial charge in [0, 0.05) is 10.9 Å². The summed E-state index contributed by atoms with van der Waals surface area (Å²) in [5.41, 5.74) is 8.18. The number of ether oxygens (including phenoxy) is 1. The van der Waals surface area contributed by atoms with Gasteiger partial charge in [0.2, 0.25) is 0 Å². The van der Waals surface area contributed by atoms with Crippen LogP contribution in [0.3, 0.4) is 0 Å². The van der Waals surface area contributed by atoms with Crippen LogP contribution in [-0.2, 0) is 18.0 Å². The van der Waals surface area contributed by atoms with E-state index in [-0.39, 0.29) is 31.2 Å². The molecule has 19 heavy (non-hydrogen) atoms. The molecule has 0 unspecified atom stereocenters. The molecular formula is C13H16N2O4. The van der Waals surface area contributed by atoms with Crippen LogP contribution in [-0.4, -0.2) is 27.8 Å². The molecule has 6 nitrogen and oxygen atoms in total. The average molecular weight is 264 g/mol. The van der Waals surface area contributed by atoms with E-state index in [1.54, 1.807) is 19.1 Å². The first-order valence-electron chi connectivity index (χ1n) is 5.94. The van der Waals surface area contributed by atoms with E-state index in [2.05, 4.69) is 4.98 Å². The highest BCUT2D eigenvalue weighted by atomic mass is 16.5. The molecule has 2 aromatic rings. The van der Waals surface area contributed by atoms with Gasteiger partial charge in [-0.1, -0.05) is 0 Å². The number of anilines is 1. The largest absolute Gasteiger partial charge is 0.461 e. The molecule has 102 valence electrons. The van der Waals surface area contributed by atoms with Gasteiger partial charge in [0.05, 0.1) is 25.5 Å². The second kappa shape index (κ2) is 5.29. The maximum atomic E-state index is 11.7. The van der Waals surface area contributed by atoms with Gasteiger partial charge in [0.1, 0.15) is 5.69 Å². The number of aromatic nitrogens is 1. The van der Waals surface area contributed by atoms with E-state index in [1.807, 2.05) is 0 Å². The summed E-state index contributed by atoms with van der Waals surface area (Å²) >= 11 is 0. The monoisotopic (exact) mass is 264 g/mol. The Bertz CT molecular complexity index is 619. The van der Waals surface area contributed by atoms with Crippen LogP contribution in [0.2, 0.25) is 0 Å². The number of aliphatic hydroxyl groups is 2. The van der Waals surface area contributed by atoms with Gasteiger partial charge >= 0.3 is 5.97 Å². The molecule has 0 amide bonds. The fourth-order valence-electron chi connectivity index (χ4n) is 2.01. The van der Waals surface area contributed by atoms with Gasteiger partial charge in [0.25, 0.3) is 0 Å². The average Bonchev–Trinajstić information content (AvgIpc) is 2.74. The van der Waals surface area contributed by atoms with Gasteiger partial charge in [-0.2, -0.15) is 0 Å². The molecule has 0 bridgehead atoms. The van der Waals surface area contributed by atoms with E-state index in [1.165, 1.54) is 0 Å². The predicted molar refractivity (Wildman–Crippen MR) is 70.5 cm³/mol. The van der Waals surface area contributed by atoms with Crippen molar-refractivity contribution in [2.75, 3.05) is 12.3 Å². The fraction of sp³-hybridized carbons (Fsp3) is 0.308. The van der Waals surface area contributed by atoms with Gasteiger partial charge in [-0.05, 0) is 30.2 Å². The molecule has 0 aliphatic rings. The Morgan fingerprint density at radius 1 is 1.32 bits per heavy atom. The maximum absolute atomic E-state index is 11.7. The van der Waals surface area contributed by atoms with Crippen LogP contribution in [0.25, 0.3) is 10.9 Å². The molecule has 0 saturated carbocycles. The highest BCUT2D eigenvalue weighted by molar-refractivity contribution is 6.05. The highest BCUT2D eigenvalue weighted by Gasteiger charge is 2.18. The summed E-state index contributed by atoms with van der Waals surface area (Å²) in [5.74, 6) is -0.521. The van der Waals surface area contributed by atoms with Crippen LogP contribution in [0.4, 0.5) is 5.69 Å². The number of carbonyl (C=O) groups excluding carboxylic acids is 1. The number of benzene rings is 1. The van der Waals surface area contributed by atoms with Gasteiger partial charge < -0.3 is 25.7 Å². The van der Waals surface area contributed by atoms with Gasteiger partial charge in [-0.15, -0.1) is 0 Å². The molecule has 0 aliphatic heterocycles. The lowest BCUT2D eigenvalue weighted by atomic mass is 10.1. The number of carbonyl (C=O) groups is 1. The molecule has 6 heteroatoms. The van der Waals surface area contributed by atoms with Crippen LogP contribution in [0, 0.1) is 0 Å². The quantitative estimate of drug-likeness (QED) is 0.614. The van der Waals surface area contributed by atoms with E-state index < -0.39 is 5.97 Å². The van der Waals surface area contributed by atoms with Crippen molar-refractivity contribution in [3.8, 4) is 0 Å². The molecule has 5 N–H and O–H groups in total. The normalized spacial score (nSPS) is 10.9. The third-order valence-corrected chi connectivity index (χ3v) is 2.98. The lowest BCUT2D eigenvalue weighted by molar-refractivity contribution is 0.0522. The summed E-state index contributed by atoms with van der Waals surface area (Å²) in [5, 5.41) is 19.1. The van der Waals surface area contributed by atoms with Gasteiger partial charge in [-0.3, -0.25) is 0 Å². The summed E-state index contributed by atoms with van der Waals surface area (Å²) in [6, 6.07) is 3.33. The summed E-state index contributed by atoms with van der Waals surface area (Å²) < 4.78 is 4.90. The number of hydrogen-bond acceptors (Lipinski definition) is 5. The van der Waals surface area contributed by atoms with Crippen molar-refractivity contribution in [2.45, 2.75) is 20.1 Å². The number of aromatic amines is 1. The Hall–Kier alpha value is -2.05. The van der Waals surface area contributed by atoms with Gasteiger partial charge in [0.15, 0.2) is 0 Å². The zero-order valence-electron chi connectivity index (χ0n) is 10.6. The van der Waals surface area contributed by atoms with Crippen LogP contribution >= 0.6 is 0 Å². The molecule has 0 saturated heterocycles. The van der Waals surface area contributed by atoms with E-state index >= 15 is 0 Å². The molecule has 2 rings (SSSR count). The van der Waals surface area contributed by atoms with Gasteiger partial charge in [-0.25, -0.2) is 4.79 Å². The topological polar surface area (TPSA) is 109 Å². The summed E-state index contributed by atoms with van der Waals surface area (Å²) in [6.07, 6.45) is 0. The zero-order chi connectivity index (χ0) is 14.0. The van der Waals surface area contributed by atoms with Crippen molar-refractivity contribution in [3.05, 3.63) is 29.0 Å². The smallest absolute Gasteiger partial charge is 0.356 e. The van der Waals surface area contributed by atoms with Crippen molar-refractivity contribution >= 4 is 22.6 Å². The second-order valence-electron chi connectivity index (χ2n) is 4.12. The third-order valence-electron chi connectivity index (χ3n) is 2.98. The first kappa shape index (κ1) is 13.4. The lowest BCUT2D eigenvalue weighted by Crippen LogP contribution is -2.07. The zero-order valence-corrected chi connectivity index (χ0v) is 10.6. The Labute approximate surface area is 109 Å². The van der Waals surface area contributed by atoms with E-state index in [0.29, 0.717) is 22.0 Å². The molecule has 1 aromatic carbocycles. The minimum absolute atomic E-state index is 0.191. The first-order valence-corrected chi connectivity index (χ1v) is 5.94. The number of nitrogen functional groups attached to an aromatic ring is 1. The number of nitrogens with two attached hydrogens (primary N) is 1. The van der Waals surface area contributed by atoms with Crippen LogP contribution in [0.15, 0.2) is 12.1 Å². The van der Waals surface area contributed by atoms with E-state index in [0.717, 1.165) is 0 Å². The van der Waals surface area contributed by atoms with E-state index in [4.69, 9.17) is 10.5 Å². The Morgan fingerprint density at radius 2 is 1.95 bits per heavy atom. The van der Waals surface area contributed by atoms with Crippen molar-refractivity contribution in [2.24, 2.45) is 0 Å². The number of aliphatic hydroxyl groups excluding tert-OH is 2. The lowest BCUT2D eigenvalue weighted by Gasteiger charge is -2.04. The minimum Gasteiger partial charge on any atom is -0.461 e. The predicted octanol–water partition coefficient (Wildman–Crippen LogP) is 0.911. The standard InChI is InChI=1S/C13H16N2O4/c1-2-19-13(18)12-11(14)9-3-7(5-16)8(6-17)4-10(9)15-12/h3-4,15-17H,2,5-6,14H2,1H3. The fourth-order valence-corrected chi connectivity index (χ4v) is 2.01. The van der Waals surface area contributed by atoms with Crippen LogP contribution < -0.4 is 5.73 Å². The molecule has 1 aromatic heterocycles. The Kier molecular flexibility index (Phi) is 3.73. The maximum Gasteiger partial charge on any atom is 0.356 e. The number of esters is 1. The Morgan fingerprint density at radius 3 is 2.53 bits per heavy atom. The molecule has 0 atom stereocenters. The van der Waals surface area contributed by atoms with Crippen LogP contribution in [0.5, 0.6) is 0 Å². The van der Waals surface area contributed by atoms with Crippen molar-refractivity contribution in [1.29, 1.82) is 0 Å². The summed E-state index contributed by atoms with van der Waals surface area (Å²) in [6.45, 7) is 1.58. The number of rotatable bonds is 4. The highest BCUT2D eigenvalue weighted by Crippen LogP contribution is 2.28. The summed E-state index contributed by atoms with van der Waals surface area (Å²) in [4.78, 5) is 14.6. The first-order chi connectivity index (χ1) is 9.12. The molecular weight excluding hydrogens is 248 g/mol. The number of fused-ring (bicyclic) bond motifs is 1. The summed E-state index contributed by atoms with van der Waals surface area (Å²) in [7, 11) is 0.